The van der Waals surface area contributed by atoms with E-state index in [0.717, 1.165) is 19.4 Å². The van der Waals surface area contributed by atoms with Gasteiger partial charge in [-0.15, -0.1) is 0 Å². The van der Waals surface area contributed by atoms with Gasteiger partial charge in [0.2, 0.25) is 11.8 Å². The molecule has 0 aromatic heterocycles. The molecule has 0 atom stereocenters. The maximum absolute atomic E-state index is 11.3. The van der Waals surface area contributed by atoms with E-state index in [0.29, 0.717) is 32.4 Å². The Morgan fingerprint density at radius 1 is 1.06 bits per heavy atom. The van der Waals surface area contributed by atoms with Gasteiger partial charge in [0.15, 0.2) is 0 Å². The summed E-state index contributed by atoms with van der Waals surface area (Å²) < 4.78 is 5.29. The fourth-order valence-electron chi connectivity index (χ4n) is 1.27. The van der Waals surface area contributed by atoms with Crippen molar-refractivity contribution in [3.8, 4) is 0 Å². The van der Waals surface area contributed by atoms with Gasteiger partial charge in [0.05, 0.1) is 0 Å². The van der Waals surface area contributed by atoms with Gasteiger partial charge in [0.1, 0.15) is 0 Å². The van der Waals surface area contributed by atoms with Gasteiger partial charge in [-0.2, -0.15) is 0 Å². The smallest absolute Gasteiger partial charge is 0.220 e. The van der Waals surface area contributed by atoms with Gasteiger partial charge in [0, 0.05) is 39.6 Å². The van der Waals surface area contributed by atoms with Crippen molar-refractivity contribution >= 4 is 11.8 Å². The van der Waals surface area contributed by atoms with Gasteiger partial charge in [0.25, 0.3) is 0 Å². The van der Waals surface area contributed by atoms with Gasteiger partial charge in [-0.25, -0.2) is 0 Å². The number of amides is 2. The van der Waals surface area contributed by atoms with Crippen molar-refractivity contribution in [2.75, 3.05) is 26.8 Å². The zero-order valence-electron chi connectivity index (χ0n) is 10.9. The van der Waals surface area contributed by atoms with Crippen molar-refractivity contribution in [3.63, 3.8) is 0 Å². The first-order valence-corrected chi connectivity index (χ1v) is 6.25. The summed E-state index contributed by atoms with van der Waals surface area (Å²) in [4.78, 5) is 22.2. The molecule has 5 nitrogen and oxygen atoms in total. The summed E-state index contributed by atoms with van der Waals surface area (Å²) in [6.45, 7) is 4.17. The van der Waals surface area contributed by atoms with Crippen molar-refractivity contribution in [3.05, 3.63) is 0 Å². The molecule has 5 heteroatoms. The maximum atomic E-state index is 11.3. The molecule has 0 rings (SSSR count). The Hall–Kier alpha value is -1.10. The van der Waals surface area contributed by atoms with Crippen LogP contribution >= 0.6 is 0 Å². The van der Waals surface area contributed by atoms with Crippen molar-refractivity contribution in [2.24, 2.45) is 0 Å². The lowest BCUT2D eigenvalue weighted by atomic mass is 10.2. The molecule has 2 N–H and O–H groups in total. The van der Waals surface area contributed by atoms with E-state index < -0.39 is 0 Å². The van der Waals surface area contributed by atoms with Crippen LogP contribution in [0.25, 0.3) is 0 Å². The normalized spacial score (nSPS) is 10.0. The summed E-state index contributed by atoms with van der Waals surface area (Å²) in [6, 6.07) is 0. The molecule has 0 radical (unpaired) electrons. The third-order valence-corrected chi connectivity index (χ3v) is 2.22. The molecular weight excluding hydrogens is 220 g/mol. The van der Waals surface area contributed by atoms with Crippen LogP contribution in [-0.2, 0) is 14.3 Å². The van der Waals surface area contributed by atoms with Crippen LogP contribution in [-0.4, -0.2) is 38.6 Å². The van der Waals surface area contributed by atoms with E-state index in [-0.39, 0.29) is 11.8 Å². The lowest BCUT2D eigenvalue weighted by molar-refractivity contribution is -0.122. The Labute approximate surface area is 103 Å². The molecule has 0 fully saturated rings. The fourth-order valence-corrected chi connectivity index (χ4v) is 1.27. The third kappa shape index (κ3) is 11.2. The molecule has 0 bridgehead atoms. The highest BCUT2D eigenvalue weighted by Gasteiger charge is 2.03. The first-order chi connectivity index (χ1) is 8.20. The highest BCUT2D eigenvalue weighted by Crippen LogP contribution is 1.95. The Morgan fingerprint density at radius 2 is 1.76 bits per heavy atom. The molecule has 0 aromatic rings. The highest BCUT2D eigenvalue weighted by molar-refractivity contribution is 5.78. The number of rotatable bonds is 10. The van der Waals surface area contributed by atoms with E-state index in [2.05, 4.69) is 17.6 Å². The van der Waals surface area contributed by atoms with Gasteiger partial charge >= 0.3 is 0 Å². The molecule has 0 spiro atoms. The molecule has 0 aromatic carbocycles. The summed E-state index contributed by atoms with van der Waals surface area (Å²) in [5.41, 5.74) is 0. The van der Waals surface area contributed by atoms with Gasteiger partial charge in [-0.05, 0) is 19.3 Å². The van der Waals surface area contributed by atoms with E-state index in [4.69, 9.17) is 4.74 Å². The third-order valence-electron chi connectivity index (χ3n) is 2.22. The van der Waals surface area contributed by atoms with Crippen molar-refractivity contribution < 1.29 is 14.3 Å². The number of ether oxygens (including phenoxy) is 1. The number of carbonyl (C=O) groups excluding carboxylic acids is 2. The van der Waals surface area contributed by atoms with Crippen LogP contribution < -0.4 is 10.6 Å². The molecule has 0 heterocycles. The van der Waals surface area contributed by atoms with Crippen LogP contribution in [0, 0.1) is 0 Å². The second-order valence-corrected chi connectivity index (χ2v) is 3.84. The fraction of sp³-hybridized carbons (Fsp3) is 0.833. The summed E-state index contributed by atoms with van der Waals surface area (Å²) in [5, 5.41) is 5.32. The van der Waals surface area contributed by atoms with E-state index in [1.807, 2.05) is 0 Å². The summed E-state index contributed by atoms with van der Waals surface area (Å²) in [7, 11) is 1.60. The molecule has 2 amide bonds. The second kappa shape index (κ2) is 11.4. The lowest BCUT2D eigenvalue weighted by Crippen LogP contribution is -2.25. The second-order valence-electron chi connectivity index (χ2n) is 3.84. The molecule has 0 aliphatic rings. The first kappa shape index (κ1) is 15.9. The minimum absolute atomic E-state index is 0.00407. The average molecular weight is 244 g/mol. The molecule has 17 heavy (non-hydrogen) atoms. The minimum atomic E-state index is -0.0224. The van der Waals surface area contributed by atoms with Crippen molar-refractivity contribution in [2.45, 2.75) is 39.0 Å². The first-order valence-electron chi connectivity index (χ1n) is 6.25. The Bertz CT molecular complexity index is 220. The summed E-state index contributed by atoms with van der Waals surface area (Å²) >= 11 is 0. The Balaban J connectivity index is 3.26. The largest absolute Gasteiger partial charge is 0.381 e. The average Bonchev–Trinajstić information content (AvgIpc) is 2.33. The predicted molar refractivity (Wildman–Crippen MR) is 66.7 cm³/mol. The lowest BCUT2D eigenvalue weighted by Gasteiger charge is -2.05. The van der Waals surface area contributed by atoms with Gasteiger partial charge < -0.3 is 15.4 Å². The molecule has 0 unspecified atom stereocenters. The molecule has 0 aliphatic heterocycles. The van der Waals surface area contributed by atoms with E-state index >= 15 is 0 Å². The molecule has 0 saturated heterocycles. The standard InChI is InChI=1S/C12H24N2O3/c1-3-9-17-10-5-8-14-12(16)7-4-6-11(15)13-2/h3-10H2,1-2H3,(H,13,15)(H,14,16). The molecule has 100 valence electrons. The zero-order chi connectivity index (χ0) is 12.9. The highest BCUT2D eigenvalue weighted by atomic mass is 16.5. The number of nitrogens with one attached hydrogen (secondary N) is 2. The summed E-state index contributed by atoms with van der Waals surface area (Å²) in [5.74, 6) is -0.0184. The minimum Gasteiger partial charge on any atom is -0.381 e. The van der Waals surface area contributed by atoms with E-state index in [9.17, 15) is 9.59 Å². The number of carbonyl (C=O) groups is 2. The van der Waals surface area contributed by atoms with E-state index in [1.54, 1.807) is 7.05 Å². The van der Waals surface area contributed by atoms with Crippen LogP contribution in [0.15, 0.2) is 0 Å². The van der Waals surface area contributed by atoms with Crippen LogP contribution in [0.5, 0.6) is 0 Å². The number of hydrogen-bond donors (Lipinski definition) is 2. The van der Waals surface area contributed by atoms with Crippen LogP contribution in [0.4, 0.5) is 0 Å². The maximum Gasteiger partial charge on any atom is 0.220 e. The predicted octanol–water partition coefficient (Wildman–Crippen LogP) is 0.836. The van der Waals surface area contributed by atoms with Crippen LogP contribution in [0.1, 0.15) is 39.0 Å². The zero-order valence-corrected chi connectivity index (χ0v) is 10.9. The van der Waals surface area contributed by atoms with E-state index in [1.165, 1.54) is 0 Å². The van der Waals surface area contributed by atoms with Gasteiger partial charge in [-0.3, -0.25) is 9.59 Å². The molecular formula is C12H24N2O3. The van der Waals surface area contributed by atoms with Gasteiger partial charge in [-0.1, -0.05) is 6.92 Å². The Morgan fingerprint density at radius 3 is 2.41 bits per heavy atom. The number of hydrogen-bond acceptors (Lipinski definition) is 3. The molecule has 0 aliphatic carbocycles. The SMILES string of the molecule is CCCOCCCNC(=O)CCCC(=O)NC. The Kier molecular flexibility index (Phi) is 10.7. The summed E-state index contributed by atoms with van der Waals surface area (Å²) in [6.07, 6.45) is 3.26. The molecule has 0 saturated carbocycles. The quantitative estimate of drug-likeness (QED) is 0.559. The van der Waals surface area contributed by atoms with Crippen LogP contribution in [0.2, 0.25) is 0 Å². The van der Waals surface area contributed by atoms with Crippen LogP contribution in [0.3, 0.4) is 0 Å². The monoisotopic (exact) mass is 244 g/mol. The van der Waals surface area contributed by atoms with Crippen molar-refractivity contribution in [1.82, 2.24) is 10.6 Å². The topological polar surface area (TPSA) is 67.4 Å². The van der Waals surface area contributed by atoms with Crippen molar-refractivity contribution in [1.29, 1.82) is 0 Å².